The summed E-state index contributed by atoms with van der Waals surface area (Å²) in [5.41, 5.74) is 3.59. The average Bonchev–Trinajstić information content (AvgIpc) is 3.22. The van der Waals surface area contributed by atoms with Crippen LogP contribution < -0.4 is 10.6 Å². The van der Waals surface area contributed by atoms with Gasteiger partial charge in [0.25, 0.3) is 0 Å². The maximum Gasteiger partial charge on any atom is 0.245 e. The van der Waals surface area contributed by atoms with Crippen molar-refractivity contribution in [1.82, 2.24) is 15.6 Å². The number of carbonyl (C=O) groups excluding carboxylic acids is 2. The number of rotatable bonds is 5. The van der Waals surface area contributed by atoms with Crippen LogP contribution >= 0.6 is 0 Å². The quantitative estimate of drug-likeness (QED) is 0.517. The molecule has 2 heterocycles. The van der Waals surface area contributed by atoms with Gasteiger partial charge in [0.2, 0.25) is 11.8 Å². The third kappa shape index (κ3) is 3.78. The lowest BCUT2D eigenvalue weighted by molar-refractivity contribution is -0.128. The van der Waals surface area contributed by atoms with E-state index in [1.807, 2.05) is 0 Å². The number of aromatic nitrogens is 1. The number of hydrogen-bond acceptors (Lipinski definition) is 3. The van der Waals surface area contributed by atoms with Gasteiger partial charge in [-0.25, -0.2) is 8.78 Å². The van der Waals surface area contributed by atoms with E-state index in [4.69, 9.17) is 0 Å². The average molecular weight is 413 g/mol. The molecule has 8 heteroatoms. The number of aliphatic hydroxyl groups is 1. The molecule has 1 aliphatic heterocycles. The van der Waals surface area contributed by atoms with Gasteiger partial charge in [-0.15, -0.1) is 0 Å². The monoisotopic (exact) mass is 413 g/mol. The Morgan fingerprint density at radius 2 is 1.93 bits per heavy atom. The lowest BCUT2D eigenvalue weighted by atomic mass is 10.00. The molecule has 30 heavy (non-hydrogen) atoms. The number of benzene rings is 2. The lowest BCUT2D eigenvalue weighted by Gasteiger charge is -2.14. The third-order valence-electron chi connectivity index (χ3n) is 5.38. The fourth-order valence-electron chi connectivity index (χ4n) is 3.86. The van der Waals surface area contributed by atoms with Crippen LogP contribution in [0.5, 0.6) is 0 Å². The topological polar surface area (TPSA) is 94.2 Å². The van der Waals surface area contributed by atoms with Crippen molar-refractivity contribution in [2.45, 2.75) is 31.9 Å². The van der Waals surface area contributed by atoms with Crippen molar-refractivity contribution in [3.63, 3.8) is 0 Å². The fraction of sp³-hybridized carbons (Fsp3) is 0.273. The maximum atomic E-state index is 14.1. The van der Waals surface area contributed by atoms with Gasteiger partial charge in [-0.3, -0.25) is 9.59 Å². The van der Waals surface area contributed by atoms with Gasteiger partial charge >= 0.3 is 0 Å². The van der Waals surface area contributed by atoms with Crippen molar-refractivity contribution in [3.05, 3.63) is 59.2 Å². The van der Waals surface area contributed by atoms with Gasteiger partial charge in [-0.1, -0.05) is 0 Å². The molecule has 0 unspecified atom stereocenters. The summed E-state index contributed by atoms with van der Waals surface area (Å²) >= 11 is 0. The number of amides is 2. The van der Waals surface area contributed by atoms with Crippen molar-refractivity contribution in [1.29, 1.82) is 0 Å². The van der Waals surface area contributed by atoms with Crippen LogP contribution in [0, 0.1) is 18.6 Å². The van der Waals surface area contributed by atoms with Gasteiger partial charge < -0.3 is 20.7 Å². The Morgan fingerprint density at radius 1 is 1.20 bits per heavy atom. The highest BCUT2D eigenvalue weighted by Crippen LogP contribution is 2.33. The first-order valence-corrected chi connectivity index (χ1v) is 9.65. The summed E-state index contributed by atoms with van der Waals surface area (Å²) in [6.07, 6.45) is -0.667. The summed E-state index contributed by atoms with van der Waals surface area (Å²) < 4.78 is 27.5. The van der Waals surface area contributed by atoms with Crippen LogP contribution in [0.4, 0.5) is 8.78 Å². The molecule has 2 aromatic carbocycles. The van der Waals surface area contributed by atoms with Crippen LogP contribution in [0.2, 0.25) is 0 Å². The minimum Gasteiger partial charge on any atom is -0.389 e. The molecule has 1 fully saturated rings. The number of H-pyrrole nitrogens is 1. The normalized spacial score (nSPS) is 18.6. The molecule has 0 aliphatic carbocycles. The molecule has 6 nitrogen and oxygen atoms in total. The van der Waals surface area contributed by atoms with E-state index < -0.39 is 24.0 Å². The standard InChI is InChI=1S/C22H21F2N3O3/c1-11-8-14(24)9-16-15(6-7-18(29)26-21-17(28)10-25-22(21)30)20(27-19(11)16)12-2-4-13(23)5-3-12/h2-5,8-9,17,21,27-28H,6-7,10H2,1H3,(H,25,30)(H,26,29)/t17-,21+/m1/s1. The number of aromatic amines is 1. The first-order chi connectivity index (χ1) is 14.3. The summed E-state index contributed by atoms with van der Waals surface area (Å²) in [7, 11) is 0. The van der Waals surface area contributed by atoms with Gasteiger partial charge in [0.1, 0.15) is 23.8 Å². The summed E-state index contributed by atoms with van der Waals surface area (Å²) in [6.45, 7) is 1.88. The maximum absolute atomic E-state index is 14.1. The second kappa shape index (κ2) is 7.87. The Balaban J connectivity index is 1.64. The highest BCUT2D eigenvalue weighted by molar-refractivity contribution is 5.94. The van der Waals surface area contributed by atoms with Crippen LogP contribution in [0.15, 0.2) is 36.4 Å². The molecule has 2 amide bonds. The minimum absolute atomic E-state index is 0.0349. The second-order valence-electron chi connectivity index (χ2n) is 7.49. The van der Waals surface area contributed by atoms with E-state index in [0.717, 1.165) is 16.6 Å². The zero-order chi connectivity index (χ0) is 21.4. The van der Waals surface area contributed by atoms with Crippen molar-refractivity contribution in [2.75, 3.05) is 6.54 Å². The van der Waals surface area contributed by atoms with Gasteiger partial charge in [0, 0.05) is 29.6 Å². The zero-order valence-electron chi connectivity index (χ0n) is 16.3. The van der Waals surface area contributed by atoms with Crippen molar-refractivity contribution < 1.29 is 23.5 Å². The zero-order valence-corrected chi connectivity index (χ0v) is 16.3. The number of β-amino-alcohol motifs (C(OH)–C–C–N with tert-alkyl or cyclic N) is 1. The van der Waals surface area contributed by atoms with E-state index in [1.165, 1.54) is 24.3 Å². The summed E-state index contributed by atoms with van der Waals surface area (Å²) in [5.74, 6) is -1.58. The number of hydrogen-bond donors (Lipinski definition) is 4. The van der Waals surface area contributed by atoms with E-state index in [2.05, 4.69) is 15.6 Å². The Kier molecular flexibility index (Phi) is 5.26. The molecule has 4 rings (SSSR count). The van der Waals surface area contributed by atoms with Crippen molar-refractivity contribution in [3.8, 4) is 11.3 Å². The molecule has 0 saturated carbocycles. The molecule has 4 N–H and O–H groups in total. The largest absolute Gasteiger partial charge is 0.389 e. The Labute approximate surface area is 171 Å². The number of halogens is 2. The van der Waals surface area contributed by atoms with Crippen LogP contribution in [0.1, 0.15) is 17.5 Å². The molecular weight excluding hydrogens is 392 g/mol. The molecule has 1 aliphatic rings. The van der Waals surface area contributed by atoms with Gasteiger partial charge in [-0.05, 0) is 66.4 Å². The third-order valence-corrected chi connectivity index (χ3v) is 5.38. The Bertz CT molecular complexity index is 1120. The number of nitrogens with one attached hydrogen (secondary N) is 3. The van der Waals surface area contributed by atoms with E-state index in [0.29, 0.717) is 16.6 Å². The van der Waals surface area contributed by atoms with Crippen LogP contribution in [0.3, 0.4) is 0 Å². The molecule has 0 radical (unpaired) electrons. The molecule has 3 aromatic rings. The summed E-state index contributed by atoms with van der Waals surface area (Å²) in [4.78, 5) is 27.4. The highest BCUT2D eigenvalue weighted by atomic mass is 19.1. The molecule has 1 aromatic heterocycles. The summed E-state index contributed by atoms with van der Waals surface area (Å²) in [6, 6.07) is 7.77. The van der Waals surface area contributed by atoms with E-state index in [9.17, 15) is 23.5 Å². The van der Waals surface area contributed by atoms with E-state index >= 15 is 0 Å². The molecule has 0 bridgehead atoms. The predicted octanol–water partition coefficient (Wildman–Crippen LogP) is 2.33. The van der Waals surface area contributed by atoms with Crippen LogP contribution in [-0.4, -0.2) is 40.6 Å². The lowest BCUT2D eigenvalue weighted by Crippen LogP contribution is -2.45. The van der Waals surface area contributed by atoms with E-state index in [1.54, 1.807) is 19.1 Å². The second-order valence-corrected chi connectivity index (χ2v) is 7.49. The van der Waals surface area contributed by atoms with Gasteiger partial charge in [0.15, 0.2) is 0 Å². The molecule has 1 saturated heterocycles. The van der Waals surface area contributed by atoms with Crippen LogP contribution in [-0.2, 0) is 16.0 Å². The van der Waals surface area contributed by atoms with Gasteiger partial charge in [-0.2, -0.15) is 0 Å². The minimum atomic E-state index is -0.975. The molecule has 0 spiro atoms. The first-order valence-electron chi connectivity index (χ1n) is 9.65. The number of aliphatic hydroxyl groups excluding tert-OH is 1. The number of carbonyl (C=O) groups is 2. The van der Waals surface area contributed by atoms with Gasteiger partial charge in [0.05, 0.1) is 0 Å². The Morgan fingerprint density at radius 3 is 2.60 bits per heavy atom. The van der Waals surface area contributed by atoms with E-state index in [-0.39, 0.29) is 31.0 Å². The van der Waals surface area contributed by atoms with Crippen molar-refractivity contribution in [2.24, 2.45) is 0 Å². The predicted molar refractivity (Wildman–Crippen MR) is 108 cm³/mol. The highest BCUT2D eigenvalue weighted by Gasteiger charge is 2.34. The SMILES string of the molecule is Cc1cc(F)cc2c(CCC(=O)N[C@@H]3C(=O)NC[C@H]3O)c(-c3ccc(F)cc3)[nH]c12. The molecular formula is C22H21F2N3O3. The van der Waals surface area contributed by atoms with Crippen LogP contribution in [0.25, 0.3) is 22.2 Å². The number of fused-ring (bicyclic) bond motifs is 1. The Hall–Kier alpha value is -3.26. The molecule has 156 valence electrons. The molecule has 2 atom stereocenters. The number of aryl methyl sites for hydroxylation is 2. The van der Waals surface area contributed by atoms with Crippen molar-refractivity contribution >= 4 is 22.7 Å². The smallest absolute Gasteiger partial charge is 0.245 e. The first kappa shape index (κ1) is 20.0. The fourth-order valence-corrected chi connectivity index (χ4v) is 3.86. The summed E-state index contributed by atoms with van der Waals surface area (Å²) in [5, 5.41) is 15.5.